The molecule has 0 atom stereocenters. The van der Waals surface area contributed by atoms with Crippen molar-refractivity contribution in [3.63, 3.8) is 0 Å². The molecule has 26 heavy (non-hydrogen) atoms. The van der Waals surface area contributed by atoms with Crippen molar-refractivity contribution >= 4 is 21.9 Å². The summed E-state index contributed by atoms with van der Waals surface area (Å²) in [5.41, 5.74) is -0.917. The monoisotopic (exact) mass is 380 g/mol. The number of nitrogens with one attached hydrogen (secondary N) is 1. The average Bonchev–Trinajstić information content (AvgIpc) is 3.42. The molecule has 0 radical (unpaired) electrons. The molecule has 0 aliphatic heterocycles. The summed E-state index contributed by atoms with van der Waals surface area (Å²) in [4.78, 5) is 23.5. The van der Waals surface area contributed by atoms with Gasteiger partial charge in [0, 0.05) is 18.7 Å². The highest BCUT2D eigenvalue weighted by Crippen LogP contribution is 2.35. The van der Waals surface area contributed by atoms with Gasteiger partial charge in [0.15, 0.2) is 0 Å². The van der Waals surface area contributed by atoms with Crippen LogP contribution in [0.25, 0.3) is 0 Å². The van der Waals surface area contributed by atoms with Gasteiger partial charge in [0.25, 0.3) is 5.91 Å². The first kappa shape index (κ1) is 18.8. The molecule has 0 bridgehead atoms. The number of hydrogen-bond acceptors (Lipinski definition) is 4. The highest BCUT2D eigenvalue weighted by molar-refractivity contribution is 7.89. The number of carboxylic acids is 1. The van der Waals surface area contributed by atoms with E-state index in [0.717, 1.165) is 32.1 Å². The topological polar surface area (TPSA) is 104 Å². The van der Waals surface area contributed by atoms with E-state index in [1.165, 1.54) is 28.6 Å². The van der Waals surface area contributed by atoms with Crippen molar-refractivity contribution < 1.29 is 23.1 Å². The SMILES string of the molecule is CN(C1CCCCC1)S(=O)(=O)c1ccc(C(=O)NC2(C(=O)O)CC2)cc1. The van der Waals surface area contributed by atoms with Gasteiger partial charge in [-0.15, -0.1) is 0 Å². The van der Waals surface area contributed by atoms with Crippen LogP contribution in [0.15, 0.2) is 29.2 Å². The molecule has 1 aromatic rings. The summed E-state index contributed by atoms with van der Waals surface area (Å²) in [6.07, 6.45) is 5.77. The fraction of sp³-hybridized carbons (Fsp3) is 0.556. The molecule has 142 valence electrons. The molecule has 2 aliphatic carbocycles. The third kappa shape index (κ3) is 3.61. The highest BCUT2D eigenvalue weighted by Gasteiger charge is 2.51. The molecule has 0 aromatic heterocycles. The van der Waals surface area contributed by atoms with E-state index in [1.54, 1.807) is 7.05 Å². The molecule has 0 saturated heterocycles. The van der Waals surface area contributed by atoms with Crippen LogP contribution in [0.3, 0.4) is 0 Å². The first-order chi connectivity index (χ1) is 12.3. The van der Waals surface area contributed by atoms with Gasteiger partial charge >= 0.3 is 5.97 Å². The first-order valence-electron chi connectivity index (χ1n) is 8.90. The molecule has 2 aliphatic rings. The lowest BCUT2D eigenvalue weighted by Gasteiger charge is -2.30. The minimum absolute atomic E-state index is 0.0158. The zero-order valence-electron chi connectivity index (χ0n) is 14.8. The van der Waals surface area contributed by atoms with Crippen molar-refractivity contribution in [3.05, 3.63) is 29.8 Å². The molecule has 0 heterocycles. The van der Waals surface area contributed by atoms with Gasteiger partial charge in [-0.1, -0.05) is 19.3 Å². The largest absolute Gasteiger partial charge is 0.480 e. The van der Waals surface area contributed by atoms with Gasteiger partial charge in [-0.2, -0.15) is 4.31 Å². The lowest BCUT2D eigenvalue weighted by molar-refractivity contribution is -0.140. The summed E-state index contributed by atoms with van der Waals surface area (Å²) in [7, 11) is -2.00. The summed E-state index contributed by atoms with van der Waals surface area (Å²) in [6, 6.07) is 5.68. The molecule has 3 rings (SSSR count). The molecular formula is C18H24N2O5S. The minimum atomic E-state index is -3.61. The van der Waals surface area contributed by atoms with Crippen molar-refractivity contribution in [2.75, 3.05) is 7.05 Å². The molecular weight excluding hydrogens is 356 g/mol. The Hall–Kier alpha value is -1.93. The Morgan fingerprint density at radius 2 is 1.69 bits per heavy atom. The van der Waals surface area contributed by atoms with Gasteiger partial charge in [-0.25, -0.2) is 13.2 Å². The van der Waals surface area contributed by atoms with E-state index in [0.29, 0.717) is 12.8 Å². The van der Waals surface area contributed by atoms with Crippen LogP contribution < -0.4 is 5.32 Å². The standard InChI is InChI=1S/C18H24N2O5S/c1-20(14-5-3-2-4-6-14)26(24,25)15-9-7-13(8-10-15)16(21)19-18(11-12-18)17(22)23/h7-10,14H,2-6,11-12H2,1H3,(H,19,21)(H,22,23). The van der Waals surface area contributed by atoms with Crippen molar-refractivity contribution in [2.24, 2.45) is 0 Å². The number of nitrogens with zero attached hydrogens (tertiary/aromatic N) is 1. The summed E-state index contributed by atoms with van der Waals surface area (Å²) in [6.45, 7) is 0. The van der Waals surface area contributed by atoms with E-state index in [2.05, 4.69) is 5.32 Å². The predicted octanol–water partition coefficient (Wildman–Crippen LogP) is 1.99. The Labute approximate surface area is 153 Å². The quantitative estimate of drug-likeness (QED) is 0.785. The van der Waals surface area contributed by atoms with Crippen molar-refractivity contribution in [2.45, 2.75) is 61.4 Å². The second-order valence-electron chi connectivity index (χ2n) is 7.18. The van der Waals surface area contributed by atoms with Crippen LogP contribution in [0.5, 0.6) is 0 Å². The number of rotatable bonds is 6. The van der Waals surface area contributed by atoms with Crippen LogP contribution in [0.4, 0.5) is 0 Å². The van der Waals surface area contributed by atoms with Crippen LogP contribution >= 0.6 is 0 Å². The van der Waals surface area contributed by atoms with Crippen LogP contribution in [-0.4, -0.2) is 48.3 Å². The van der Waals surface area contributed by atoms with E-state index in [-0.39, 0.29) is 16.5 Å². The van der Waals surface area contributed by atoms with E-state index in [1.807, 2.05) is 0 Å². The van der Waals surface area contributed by atoms with Crippen molar-refractivity contribution in [1.82, 2.24) is 9.62 Å². The number of aliphatic carboxylic acids is 1. The van der Waals surface area contributed by atoms with Gasteiger partial charge in [0.2, 0.25) is 10.0 Å². The normalized spacial score (nSPS) is 19.9. The molecule has 2 fully saturated rings. The predicted molar refractivity (Wildman–Crippen MR) is 95.3 cm³/mol. The van der Waals surface area contributed by atoms with Crippen molar-refractivity contribution in [1.29, 1.82) is 0 Å². The van der Waals surface area contributed by atoms with Crippen LogP contribution in [0.1, 0.15) is 55.3 Å². The minimum Gasteiger partial charge on any atom is -0.480 e. The van der Waals surface area contributed by atoms with E-state index < -0.39 is 27.4 Å². The second kappa shape index (κ2) is 7.00. The van der Waals surface area contributed by atoms with E-state index in [9.17, 15) is 18.0 Å². The summed E-state index contributed by atoms with van der Waals surface area (Å²) < 4.78 is 27.0. The maximum absolute atomic E-state index is 12.8. The number of hydrogen-bond donors (Lipinski definition) is 2. The Balaban J connectivity index is 1.72. The molecule has 0 unspecified atom stereocenters. The van der Waals surface area contributed by atoms with Crippen LogP contribution in [-0.2, 0) is 14.8 Å². The Morgan fingerprint density at radius 3 is 2.19 bits per heavy atom. The Bertz CT molecular complexity index is 793. The smallest absolute Gasteiger partial charge is 0.329 e. The van der Waals surface area contributed by atoms with Gasteiger partial charge in [0.05, 0.1) is 4.90 Å². The summed E-state index contributed by atoms with van der Waals surface area (Å²) in [5, 5.41) is 11.7. The molecule has 1 amide bonds. The average molecular weight is 380 g/mol. The first-order valence-corrected chi connectivity index (χ1v) is 10.3. The van der Waals surface area contributed by atoms with Gasteiger partial charge in [-0.05, 0) is 49.9 Å². The van der Waals surface area contributed by atoms with E-state index >= 15 is 0 Å². The molecule has 8 heteroatoms. The Kier molecular flexibility index (Phi) is 5.07. The number of carboxylic acid groups (broad SMARTS) is 1. The van der Waals surface area contributed by atoms with Gasteiger partial charge < -0.3 is 10.4 Å². The zero-order chi connectivity index (χ0) is 18.9. The molecule has 2 saturated carbocycles. The third-order valence-corrected chi connectivity index (χ3v) is 7.32. The molecule has 2 N–H and O–H groups in total. The number of amides is 1. The lowest BCUT2D eigenvalue weighted by atomic mass is 9.96. The summed E-state index contributed by atoms with van der Waals surface area (Å²) >= 11 is 0. The summed E-state index contributed by atoms with van der Waals surface area (Å²) in [5.74, 6) is -1.55. The molecule has 7 nitrogen and oxygen atoms in total. The maximum atomic E-state index is 12.8. The van der Waals surface area contributed by atoms with Gasteiger partial charge in [0.1, 0.15) is 5.54 Å². The number of benzene rings is 1. The maximum Gasteiger partial charge on any atom is 0.329 e. The third-order valence-electron chi connectivity index (χ3n) is 5.39. The fourth-order valence-corrected chi connectivity index (χ4v) is 4.81. The number of sulfonamides is 1. The lowest BCUT2D eigenvalue weighted by Crippen LogP contribution is -2.43. The second-order valence-corrected chi connectivity index (χ2v) is 9.18. The fourth-order valence-electron chi connectivity index (χ4n) is 3.39. The Morgan fingerprint density at radius 1 is 1.12 bits per heavy atom. The highest BCUT2D eigenvalue weighted by atomic mass is 32.2. The molecule has 1 aromatic carbocycles. The van der Waals surface area contributed by atoms with Crippen LogP contribution in [0.2, 0.25) is 0 Å². The number of carbonyl (C=O) groups is 2. The van der Waals surface area contributed by atoms with E-state index in [4.69, 9.17) is 5.11 Å². The number of carbonyl (C=O) groups excluding carboxylic acids is 1. The van der Waals surface area contributed by atoms with Crippen LogP contribution in [0, 0.1) is 0 Å². The molecule has 0 spiro atoms. The zero-order valence-corrected chi connectivity index (χ0v) is 15.6. The van der Waals surface area contributed by atoms with Crippen molar-refractivity contribution in [3.8, 4) is 0 Å². The van der Waals surface area contributed by atoms with Gasteiger partial charge in [-0.3, -0.25) is 4.79 Å².